The van der Waals surface area contributed by atoms with E-state index in [1.54, 1.807) is 22.9 Å². The Morgan fingerprint density at radius 2 is 1.32 bits per heavy atom. The first-order valence-electron chi connectivity index (χ1n) is 6.54. The van der Waals surface area contributed by atoms with Crippen molar-refractivity contribution in [2.45, 2.75) is 20.2 Å². The van der Waals surface area contributed by atoms with Crippen LogP contribution in [0.1, 0.15) is 11.1 Å². The van der Waals surface area contributed by atoms with Crippen molar-refractivity contribution in [1.29, 1.82) is 0 Å². The van der Waals surface area contributed by atoms with Crippen molar-refractivity contribution >= 4 is 67.5 Å². The van der Waals surface area contributed by atoms with E-state index in [0.717, 1.165) is 42.5 Å². The normalized spacial score (nSPS) is 10.9. The molecule has 8 nitrogen and oxygen atoms in total. The molecule has 0 atom stereocenters. The summed E-state index contributed by atoms with van der Waals surface area (Å²) in [7, 11) is 0. The minimum Gasteiger partial charge on any atom is -0.258 e. The van der Waals surface area contributed by atoms with Crippen LogP contribution in [0.15, 0.2) is 31.6 Å². The highest BCUT2D eigenvalue weighted by atomic mass is 32.2. The Bertz CT molecular complexity index is 834. The van der Waals surface area contributed by atoms with Crippen molar-refractivity contribution in [1.82, 2.24) is 10.2 Å². The predicted molar refractivity (Wildman–Crippen MR) is 101 cm³/mol. The van der Waals surface area contributed by atoms with Crippen molar-refractivity contribution in [3.05, 3.63) is 54.2 Å². The van der Waals surface area contributed by atoms with Crippen LogP contribution in [0.5, 0.6) is 0 Å². The monoisotopic (exact) mass is 432 g/mol. The molecule has 0 aliphatic rings. The molecule has 0 saturated carbocycles. The van der Waals surface area contributed by atoms with Gasteiger partial charge in [-0.25, -0.2) is 0 Å². The van der Waals surface area contributed by atoms with Crippen LogP contribution in [-0.4, -0.2) is 20.0 Å². The minimum absolute atomic E-state index is 0.133. The van der Waals surface area contributed by atoms with Crippen LogP contribution in [0.4, 0.5) is 10.0 Å². The zero-order valence-electron chi connectivity index (χ0n) is 12.2. The Labute approximate surface area is 161 Å². The minimum atomic E-state index is -0.396. The predicted octanol–water partition coefficient (Wildman–Crippen LogP) is 5.06. The standard InChI is InChI=1S/C12H8N4O4S5/c17-15(18)9-1-7(3-21-9)5-23-11-13-14-12(25-11)24-6-8-2-10(16(19)20)22-4-8/h1-4H,5-6H2. The molecule has 0 aliphatic heterocycles. The van der Waals surface area contributed by atoms with Gasteiger partial charge in [0.2, 0.25) is 0 Å². The van der Waals surface area contributed by atoms with E-state index in [-0.39, 0.29) is 10.0 Å². The van der Waals surface area contributed by atoms with Gasteiger partial charge in [-0.2, -0.15) is 0 Å². The van der Waals surface area contributed by atoms with E-state index in [2.05, 4.69) is 10.2 Å². The van der Waals surface area contributed by atoms with Gasteiger partial charge in [-0.15, -0.1) is 10.2 Å². The zero-order chi connectivity index (χ0) is 17.8. The highest BCUT2D eigenvalue weighted by Gasteiger charge is 2.13. The maximum absolute atomic E-state index is 10.7. The summed E-state index contributed by atoms with van der Waals surface area (Å²) < 4.78 is 1.57. The number of nitro groups is 2. The Morgan fingerprint density at radius 3 is 1.68 bits per heavy atom. The van der Waals surface area contributed by atoms with Gasteiger partial charge < -0.3 is 0 Å². The fraction of sp³-hybridized carbons (Fsp3) is 0.167. The largest absolute Gasteiger partial charge is 0.324 e. The van der Waals surface area contributed by atoms with Gasteiger partial charge in [-0.05, 0) is 11.1 Å². The molecule has 3 aromatic rings. The first-order valence-corrected chi connectivity index (χ1v) is 11.1. The average Bonchev–Trinajstić information content (AvgIpc) is 3.30. The molecule has 3 aromatic heterocycles. The number of rotatable bonds is 8. The third-order valence-corrected chi connectivity index (χ3v) is 7.94. The fourth-order valence-electron chi connectivity index (χ4n) is 1.67. The molecule has 0 aromatic carbocycles. The van der Waals surface area contributed by atoms with E-state index in [1.807, 2.05) is 0 Å². The van der Waals surface area contributed by atoms with E-state index < -0.39 is 9.85 Å². The second-order valence-electron chi connectivity index (χ2n) is 4.51. The second kappa shape index (κ2) is 8.23. The van der Waals surface area contributed by atoms with Crippen molar-refractivity contribution in [2.75, 3.05) is 0 Å². The number of nitrogens with zero attached hydrogens (tertiary/aromatic N) is 4. The topological polar surface area (TPSA) is 112 Å². The van der Waals surface area contributed by atoms with Crippen LogP contribution in [0.25, 0.3) is 0 Å². The van der Waals surface area contributed by atoms with Gasteiger partial charge in [0.1, 0.15) is 0 Å². The maximum atomic E-state index is 10.7. The van der Waals surface area contributed by atoms with Gasteiger partial charge >= 0.3 is 10.0 Å². The van der Waals surface area contributed by atoms with Crippen LogP contribution in [0, 0.1) is 20.2 Å². The van der Waals surface area contributed by atoms with Gasteiger partial charge in [0, 0.05) is 34.4 Å². The summed E-state index contributed by atoms with van der Waals surface area (Å²) in [6.07, 6.45) is 0. The van der Waals surface area contributed by atoms with E-state index in [1.165, 1.54) is 34.9 Å². The summed E-state index contributed by atoms with van der Waals surface area (Å²) in [5.74, 6) is 1.20. The van der Waals surface area contributed by atoms with E-state index in [9.17, 15) is 20.2 Å². The van der Waals surface area contributed by atoms with E-state index in [0.29, 0.717) is 11.5 Å². The molecule has 0 aliphatic carbocycles. The zero-order valence-corrected chi connectivity index (χ0v) is 16.3. The van der Waals surface area contributed by atoms with Crippen molar-refractivity contribution in [3.8, 4) is 0 Å². The lowest BCUT2D eigenvalue weighted by molar-refractivity contribution is -0.380. The smallest absolute Gasteiger partial charge is 0.258 e. The number of thiophene rings is 2. The Hall–Kier alpha value is -1.54. The molecule has 3 rings (SSSR count). The number of hydrogen-bond acceptors (Lipinski definition) is 11. The fourth-order valence-corrected chi connectivity index (χ4v) is 6.22. The summed E-state index contributed by atoms with van der Waals surface area (Å²) in [5.41, 5.74) is 1.77. The van der Waals surface area contributed by atoms with Crippen LogP contribution in [-0.2, 0) is 11.5 Å². The highest BCUT2D eigenvalue weighted by molar-refractivity contribution is 8.02. The summed E-state index contributed by atoms with van der Waals surface area (Å²) in [6.45, 7) is 0. The third kappa shape index (κ3) is 4.98. The Balaban J connectivity index is 1.51. The SMILES string of the molecule is O=[N+]([O-])c1cc(CSc2nnc(SCc3csc([N+](=O)[O-])c3)s2)cs1. The van der Waals surface area contributed by atoms with Crippen molar-refractivity contribution in [2.24, 2.45) is 0 Å². The molecule has 25 heavy (non-hydrogen) atoms. The molecule has 0 bridgehead atoms. The number of hydrogen-bond donors (Lipinski definition) is 0. The summed E-state index contributed by atoms with van der Waals surface area (Å²) in [5, 5.41) is 33.3. The number of aromatic nitrogens is 2. The molecule has 0 radical (unpaired) electrons. The van der Waals surface area contributed by atoms with Gasteiger partial charge in [-0.1, -0.05) is 57.5 Å². The van der Waals surface area contributed by atoms with Crippen LogP contribution < -0.4 is 0 Å². The molecular formula is C12H8N4O4S5. The van der Waals surface area contributed by atoms with Crippen molar-refractivity contribution in [3.63, 3.8) is 0 Å². The molecule has 0 fully saturated rings. The van der Waals surface area contributed by atoms with Gasteiger partial charge in [0.25, 0.3) is 0 Å². The second-order valence-corrected chi connectivity index (χ2v) is 9.71. The van der Waals surface area contributed by atoms with E-state index >= 15 is 0 Å². The van der Waals surface area contributed by atoms with Gasteiger partial charge in [0.05, 0.1) is 9.85 Å². The first kappa shape index (κ1) is 18.3. The summed E-state index contributed by atoms with van der Waals surface area (Å²) in [4.78, 5) is 20.5. The number of thioether (sulfide) groups is 2. The third-order valence-electron chi connectivity index (χ3n) is 2.75. The van der Waals surface area contributed by atoms with Gasteiger partial charge in [0.15, 0.2) is 8.68 Å². The van der Waals surface area contributed by atoms with Gasteiger partial charge in [-0.3, -0.25) is 20.2 Å². The Morgan fingerprint density at radius 1 is 0.880 bits per heavy atom. The lowest BCUT2D eigenvalue weighted by atomic mass is 10.4. The molecule has 130 valence electrons. The molecule has 3 heterocycles. The molecule has 0 N–H and O–H groups in total. The maximum Gasteiger partial charge on any atom is 0.324 e. The highest BCUT2D eigenvalue weighted by Crippen LogP contribution is 2.35. The van der Waals surface area contributed by atoms with Crippen molar-refractivity contribution < 1.29 is 9.85 Å². The summed E-state index contributed by atoms with van der Waals surface area (Å²) in [6, 6.07) is 3.13. The molecule has 0 amide bonds. The van der Waals surface area contributed by atoms with Crippen LogP contribution >= 0.6 is 57.5 Å². The summed E-state index contributed by atoms with van der Waals surface area (Å²) >= 11 is 6.62. The quantitative estimate of drug-likeness (QED) is 0.276. The van der Waals surface area contributed by atoms with Crippen LogP contribution in [0.3, 0.4) is 0 Å². The molecule has 0 spiro atoms. The lowest BCUT2D eigenvalue weighted by Crippen LogP contribution is -1.82. The first-order chi connectivity index (χ1) is 12.0. The molecule has 0 saturated heterocycles. The molecule has 0 unspecified atom stereocenters. The Kier molecular flexibility index (Phi) is 6.01. The molecule has 13 heteroatoms. The van der Waals surface area contributed by atoms with Crippen LogP contribution in [0.2, 0.25) is 0 Å². The average molecular weight is 433 g/mol. The van der Waals surface area contributed by atoms with E-state index in [4.69, 9.17) is 0 Å². The molecular weight excluding hydrogens is 424 g/mol. The lowest BCUT2D eigenvalue weighted by Gasteiger charge is -1.93.